The van der Waals surface area contributed by atoms with Gasteiger partial charge in [-0.3, -0.25) is 4.79 Å². The lowest BCUT2D eigenvalue weighted by Crippen LogP contribution is -2.34. The average Bonchev–Trinajstić information content (AvgIpc) is 2.39. The summed E-state index contributed by atoms with van der Waals surface area (Å²) in [5.74, 6) is -1.40. The van der Waals surface area contributed by atoms with Gasteiger partial charge in [-0.25, -0.2) is 8.78 Å². The summed E-state index contributed by atoms with van der Waals surface area (Å²) in [4.78, 5) is 11.3. The maximum Gasteiger partial charge on any atom is 0.307 e. The molecule has 0 radical (unpaired) electrons. The average molecular weight is 269 g/mol. The maximum atomic E-state index is 13.5. The lowest BCUT2D eigenvalue weighted by molar-refractivity contribution is -0.141. The molecule has 0 aliphatic rings. The first-order chi connectivity index (χ1) is 9.06. The van der Waals surface area contributed by atoms with E-state index in [9.17, 15) is 13.6 Å². The molecule has 5 heteroatoms. The van der Waals surface area contributed by atoms with Crippen molar-refractivity contribution in [1.29, 1.82) is 0 Å². The van der Waals surface area contributed by atoms with Gasteiger partial charge in [0.1, 0.15) is 11.6 Å². The van der Waals surface area contributed by atoms with E-state index in [-0.39, 0.29) is 24.4 Å². The molecule has 0 heterocycles. The van der Waals surface area contributed by atoms with Gasteiger partial charge in [-0.1, -0.05) is 6.08 Å². The van der Waals surface area contributed by atoms with Crippen LogP contribution in [0.2, 0.25) is 0 Å². The lowest BCUT2D eigenvalue weighted by atomic mass is 10.0. The normalized spacial score (nSPS) is 11.9. The van der Waals surface area contributed by atoms with Crippen LogP contribution >= 0.6 is 0 Å². The number of esters is 1. The van der Waals surface area contributed by atoms with Gasteiger partial charge in [-0.15, -0.1) is 6.58 Å². The van der Waals surface area contributed by atoms with Crippen LogP contribution in [0.1, 0.15) is 12.0 Å². The molecule has 1 unspecified atom stereocenters. The Balaban J connectivity index is 2.77. The van der Waals surface area contributed by atoms with Crippen LogP contribution in [0, 0.1) is 11.6 Å². The Labute approximate surface area is 111 Å². The first kappa shape index (κ1) is 15.3. The SMILES string of the molecule is C=CCNC(CC(=O)OC)Cc1cc(F)ccc1F. The van der Waals surface area contributed by atoms with Crippen molar-refractivity contribution in [3.8, 4) is 0 Å². The van der Waals surface area contributed by atoms with E-state index in [2.05, 4.69) is 16.6 Å². The Morgan fingerprint density at radius 3 is 2.89 bits per heavy atom. The highest BCUT2D eigenvalue weighted by molar-refractivity contribution is 5.70. The summed E-state index contributed by atoms with van der Waals surface area (Å²) in [5, 5.41) is 3.02. The highest BCUT2D eigenvalue weighted by atomic mass is 19.1. The minimum atomic E-state index is -0.503. The molecule has 0 spiro atoms. The smallest absolute Gasteiger partial charge is 0.307 e. The van der Waals surface area contributed by atoms with Gasteiger partial charge in [0.25, 0.3) is 0 Å². The molecule has 0 amide bonds. The zero-order valence-electron chi connectivity index (χ0n) is 10.8. The summed E-state index contributed by atoms with van der Waals surface area (Å²) in [7, 11) is 1.29. The van der Waals surface area contributed by atoms with Crippen LogP contribution in [-0.4, -0.2) is 25.7 Å². The summed E-state index contributed by atoms with van der Waals surface area (Å²) in [6, 6.07) is 2.94. The second kappa shape index (κ2) is 7.63. The molecule has 0 aliphatic heterocycles. The van der Waals surface area contributed by atoms with Crippen molar-refractivity contribution in [2.75, 3.05) is 13.7 Å². The van der Waals surface area contributed by atoms with Crippen molar-refractivity contribution in [2.45, 2.75) is 18.9 Å². The molecule has 0 fully saturated rings. The summed E-state index contributed by atoms with van der Waals surface area (Å²) in [5.41, 5.74) is 0.227. The maximum absolute atomic E-state index is 13.5. The number of halogens is 2. The van der Waals surface area contributed by atoms with Gasteiger partial charge in [0.05, 0.1) is 13.5 Å². The topological polar surface area (TPSA) is 38.3 Å². The van der Waals surface area contributed by atoms with Gasteiger partial charge in [-0.2, -0.15) is 0 Å². The number of carbonyl (C=O) groups excluding carboxylic acids is 1. The van der Waals surface area contributed by atoms with E-state index in [0.29, 0.717) is 6.54 Å². The van der Waals surface area contributed by atoms with E-state index in [4.69, 9.17) is 0 Å². The summed E-state index contributed by atoms with van der Waals surface area (Å²) in [6.45, 7) is 4.03. The lowest BCUT2D eigenvalue weighted by Gasteiger charge is -2.17. The van der Waals surface area contributed by atoms with Crippen molar-refractivity contribution < 1.29 is 18.3 Å². The molecule has 1 rings (SSSR count). The quantitative estimate of drug-likeness (QED) is 0.609. The predicted octanol–water partition coefficient (Wildman–Crippen LogP) is 2.21. The number of benzene rings is 1. The Hall–Kier alpha value is -1.75. The van der Waals surface area contributed by atoms with Gasteiger partial charge < -0.3 is 10.1 Å². The number of hydrogen-bond donors (Lipinski definition) is 1. The van der Waals surface area contributed by atoms with Gasteiger partial charge in [-0.05, 0) is 30.2 Å². The zero-order valence-corrected chi connectivity index (χ0v) is 10.8. The molecule has 19 heavy (non-hydrogen) atoms. The standard InChI is InChI=1S/C14H17F2NO2/c1-3-6-17-12(9-14(18)19-2)8-10-7-11(15)4-5-13(10)16/h3-5,7,12,17H,1,6,8-9H2,2H3. The van der Waals surface area contributed by atoms with E-state index in [1.165, 1.54) is 7.11 Å². The van der Waals surface area contributed by atoms with Crippen LogP contribution in [-0.2, 0) is 16.0 Å². The highest BCUT2D eigenvalue weighted by Gasteiger charge is 2.16. The van der Waals surface area contributed by atoms with E-state index in [0.717, 1.165) is 18.2 Å². The predicted molar refractivity (Wildman–Crippen MR) is 68.7 cm³/mol. The van der Waals surface area contributed by atoms with E-state index in [1.54, 1.807) is 6.08 Å². The van der Waals surface area contributed by atoms with Gasteiger partial charge in [0.15, 0.2) is 0 Å². The van der Waals surface area contributed by atoms with Gasteiger partial charge >= 0.3 is 5.97 Å². The Bertz CT molecular complexity index is 449. The van der Waals surface area contributed by atoms with E-state index >= 15 is 0 Å². The molecule has 1 atom stereocenters. The largest absolute Gasteiger partial charge is 0.469 e. The number of methoxy groups -OCH3 is 1. The summed E-state index contributed by atoms with van der Waals surface area (Å²) in [6.07, 6.45) is 1.92. The van der Waals surface area contributed by atoms with Crippen molar-refractivity contribution in [2.24, 2.45) is 0 Å². The summed E-state index contributed by atoms with van der Waals surface area (Å²) >= 11 is 0. The minimum absolute atomic E-state index is 0.0836. The van der Waals surface area contributed by atoms with Crippen LogP contribution in [0.15, 0.2) is 30.9 Å². The third-order valence-electron chi connectivity index (χ3n) is 2.67. The third kappa shape index (κ3) is 5.18. The van der Waals surface area contributed by atoms with Crippen LogP contribution in [0.5, 0.6) is 0 Å². The molecule has 0 saturated heterocycles. The number of rotatable bonds is 7. The molecule has 104 valence electrons. The molecule has 0 aliphatic carbocycles. The van der Waals surface area contributed by atoms with Crippen LogP contribution in [0.3, 0.4) is 0 Å². The third-order valence-corrected chi connectivity index (χ3v) is 2.67. The molecular weight excluding hydrogens is 252 g/mol. The molecule has 3 nitrogen and oxygen atoms in total. The van der Waals surface area contributed by atoms with E-state index < -0.39 is 17.6 Å². The molecular formula is C14H17F2NO2. The fourth-order valence-electron chi connectivity index (χ4n) is 1.72. The highest BCUT2D eigenvalue weighted by Crippen LogP contribution is 2.13. The molecule has 1 N–H and O–H groups in total. The first-order valence-corrected chi connectivity index (χ1v) is 5.91. The van der Waals surface area contributed by atoms with Crippen molar-refractivity contribution in [1.82, 2.24) is 5.32 Å². The number of nitrogens with one attached hydrogen (secondary N) is 1. The van der Waals surface area contributed by atoms with Crippen LogP contribution in [0.25, 0.3) is 0 Å². The molecule has 0 bridgehead atoms. The number of ether oxygens (including phenoxy) is 1. The van der Waals surface area contributed by atoms with Gasteiger partial charge in [0.2, 0.25) is 0 Å². The second-order valence-electron chi connectivity index (χ2n) is 4.11. The number of carbonyl (C=O) groups is 1. The fourth-order valence-corrected chi connectivity index (χ4v) is 1.72. The van der Waals surface area contributed by atoms with Crippen LogP contribution < -0.4 is 5.32 Å². The van der Waals surface area contributed by atoms with Crippen molar-refractivity contribution in [3.63, 3.8) is 0 Å². The van der Waals surface area contributed by atoms with Crippen LogP contribution in [0.4, 0.5) is 8.78 Å². The molecule has 0 saturated carbocycles. The second-order valence-corrected chi connectivity index (χ2v) is 4.11. The fraction of sp³-hybridized carbons (Fsp3) is 0.357. The monoisotopic (exact) mass is 269 g/mol. The van der Waals surface area contributed by atoms with Gasteiger partial charge in [0, 0.05) is 12.6 Å². The molecule has 1 aromatic carbocycles. The number of hydrogen-bond acceptors (Lipinski definition) is 3. The molecule has 1 aromatic rings. The van der Waals surface area contributed by atoms with Crippen molar-refractivity contribution >= 4 is 5.97 Å². The Morgan fingerprint density at radius 1 is 1.53 bits per heavy atom. The van der Waals surface area contributed by atoms with Crippen molar-refractivity contribution in [3.05, 3.63) is 48.1 Å². The Morgan fingerprint density at radius 2 is 2.26 bits per heavy atom. The summed E-state index contributed by atoms with van der Waals surface area (Å²) < 4.78 is 31.2. The molecule has 0 aromatic heterocycles. The zero-order chi connectivity index (χ0) is 14.3. The van der Waals surface area contributed by atoms with E-state index in [1.807, 2.05) is 0 Å². The Kier molecular flexibility index (Phi) is 6.15. The first-order valence-electron chi connectivity index (χ1n) is 5.91. The minimum Gasteiger partial charge on any atom is -0.469 e.